The van der Waals surface area contributed by atoms with Crippen molar-refractivity contribution in [2.45, 2.75) is 0 Å². The molecule has 8 aromatic rings. The lowest BCUT2D eigenvalue weighted by Crippen LogP contribution is -1.96. The average molecular weight is 469 g/mol. The quantitative estimate of drug-likeness (QED) is 0.235. The first-order chi connectivity index (χ1) is 18.4. The Morgan fingerprint density at radius 3 is 2.08 bits per heavy atom. The molecule has 0 saturated heterocycles. The molecular weight excluding hydrogens is 448 g/mol. The van der Waals surface area contributed by atoms with E-state index in [1.165, 1.54) is 76.7 Å². The second-order valence-electron chi connectivity index (χ2n) is 9.99. The van der Waals surface area contributed by atoms with Gasteiger partial charge in [-0.1, -0.05) is 72.8 Å². The van der Waals surface area contributed by atoms with Crippen LogP contribution in [0.2, 0.25) is 0 Å². The molecule has 6 aromatic carbocycles. The van der Waals surface area contributed by atoms with Gasteiger partial charge in [0.2, 0.25) is 0 Å². The predicted octanol–water partition coefficient (Wildman–Crippen LogP) is 9.29. The zero-order valence-electron chi connectivity index (χ0n) is 19.9. The van der Waals surface area contributed by atoms with Gasteiger partial charge in [-0.3, -0.25) is 4.98 Å². The third kappa shape index (κ3) is 2.42. The SMILES string of the molecule is c1ccc2cc3c(cc2c1)-c1cccc2c(-n4c5ccccc5c5ccc6ncccc6c54)ccc-3c12. The normalized spacial score (nSPS) is 12.3. The lowest BCUT2D eigenvalue weighted by Gasteiger charge is -2.14. The van der Waals surface area contributed by atoms with Gasteiger partial charge in [0, 0.05) is 27.7 Å². The molecule has 37 heavy (non-hydrogen) atoms. The van der Waals surface area contributed by atoms with Crippen LogP contribution < -0.4 is 0 Å². The summed E-state index contributed by atoms with van der Waals surface area (Å²) in [5, 5.41) is 8.89. The number of nitrogens with zero attached hydrogens (tertiary/aromatic N) is 2. The molecule has 2 nitrogen and oxygen atoms in total. The molecule has 9 rings (SSSR count). The number of fused-ring (bicyclic) bond motifs is 9. The standard InChI is InChI=1S/C35H20N2/c1-2-8-22-20-30-25-15-17-33(28-11-5-10-24(34(25)28)29(30)19-21(22)7-1)37-32-13-4-3-9-23(32)26-14-16-31-27(35(26)37)12-6-18-36-31/h1-20H. The van der Waals surface area contributed by atoms with Gasteiger partial charge in [-0.05, 0) is 80.9 Å². The van der Waals surface area contributed by atoms with Gasteiger partial charge in [0.05, 0.1) is 22.2 Å². The molecule has 0 bridgehead atoms. The summed E-state index contributed by atoms with van der Waals surface area (Å²) in [5.74, 6) is 0. The van der Waals surface area contributed by atoms with Crippen molar-refractivity contribution in [3.05, 3.63) is 121 Å². The van der Waals surface area contributed by atoms with Gasteiger partial charge in [-0.25, -0.2) is 0 Å². The van der Waals surface area contributed by atoms with Crippen molar-refractivity contribution >= 4 is 54.3 Å². The number of para-hydroxylation sites is 1. The highest BCUT2D eigenvalue weighted by Gasteiger charge is 2.24. The van der Waals surface area contributed by atoms with E-state index in [4.69, 9.17) is 0 Å². The third-order valence-corrected chi connectivity index (χ3v) is 8.14. The van der Waals surface area contributed by atoms with Crippen molar-refractivity contribution in [2.24, 2.45) is 0 Å². The van der Waals surface area contributed by atoms with Gasteiger partial charge >= 0.3 is 0 Å². The minimum Gasteiger partial charge on any atom is -0.308 e. The van der Waals surface area contributed by atoms with E-state index in [1.807, 2.05) is 12.3 Å². The van der Waals surface area contributed by atoms with E-state index in [-0.39, 0.29) is 0 Å². The zero-order chi connectivity index (χ0) is 24.1. The van der Waals surface area contributed by atoms with E-state index in [0.29, 0.717) is 0 Å². The molecule has 0 radical (unpaired) electrons. The van der Waals surface area contributed by atoms with Crippen LogP contribution >= 0.6 is 0 Å². The van der Waals surface area contributed by atoms with Crippen LogP contribution in [0.25, 0.3) is 82.2 Å². The summed E-state index contributed by atoms with van der Waals surface area (Å²) >= 11 is 0. The smallest absolute Gasteiger partial charge is 0.0723 e. The Bertz CT molecular complexity index is 2200. The molecule has 0 amide bonds. The molecule has 0 N–H and O–H groups in total. The Labute approximate surface area is 213 Å². The van der Waals surface area contributed by atoms with Crippen molar-refractivity contribution < 1.29 is 0 Å². The van der Waals surface area contributed by atoms with Gasteiger partial charge in [0.1, 0.15) is 0 Å². The van der Waals surface area contributed by atoms with Gasteiger partial charge in [-0.15, -0.1) is 0 Å². The van der Waals surface area contributed by atoms with Crippen LogP contribution in [0.15, 0.2) is 121 Å². The van der Waals surface area contributed by atoms with Crippen LogP contribution in [0.4, 0.5) is 0 Å². The van der Waals surface area contributed by atoms with Crippen molar-refractivity contribution in [3.8, 4) is 27.9 Å². The molecule has 0 saturated carbocycles. The Balaban J connectivity index is 1.45. The molecule has 1 aliphatic rings. The lowest BCUT2D eigenvalue weighted by molar-refractivity contribution is 1.20. The van der Waals surface area contributed by atoms with E-state index in [2.05, 4.69) is 119 Å². The first-order valence-corrected chi connectivity index (χ1v) is 12.7. The molecule has 2 aromatic heterocycles. The van der Waals surface area contributed by atoms with Crippen LogP contribution in [0.1, 0.15) is 0 Å². The molecule has 1 aliphatic carbocycles. The monoisotopic (exact) mass is 468 g/mol. The molecule has 0 aliphatic heterocycles. The summed E-state index contributed by atoms with van der Waals surface area (Å²) in [5.41, 5.74) is 9.96. The first-order valence-electron chi connectivity index (χ1n) is 12.7. The molecular formula is C35H20N2. The van der Waals surface area contributed by atoms with Crippen LogP contribution in [0.5, 0.6) is 0 Å². The highest BCUT2D eigenvalue weighted by Crippen LogP contribution is 2.50. The first kappa shape index (κ1) is 19.3. The van der Waals surface area contributed by atoms with Crippen LogP contribution in [0.3, 0.4) is 0 Å². The van der Waals surface area contributed by atoms with Crippen molar-refractivity contribution in [1.29, 1.82) is 0 Å². The van der Waals surface area contributed by atoms with Crippen molar-refractivity contribution in [1.82, 2.24) is 9.55 Å². The number of hydrogen-bond acceptors (Lipinski definition) is 1. The Morgan fingerprint density at radius 1 is 0.486 bits per heavy atom. The number of pyridine rings is 1. The molecule has 0 fully saturated rings. The summed E-state index contributed by atoms with van der Waals surface area (Å²) in [7, 11) is 0. The molecule has 170 valence electrons. The maximum Gasteiger partial charge on any atom is 0.0723 e. The third-order valence-electron chi connectivity index (χ3n) is 8.14. The highest BCUT2D eigenvalue weighted by molar-refractivity contribution is 6.22. The van der Waals surface area contributed by atoms with Gasteiger partial charge < -0.3 is 4.57 Å². The molecule has 2 heterocycles. The number of rotatable bonds is 1. The van der Waals surface area contributed by atoms with Crippen LogP contribution in [0, 0.1) is 0 Å². The Kier molecular flexibility index (Phi) is 3.56. The van der Waals surface area contributed by atoms with E-state index in [0.717, 1.165) is 5.52 Å². The average Bonchev–Trinajstić information content (AvgIpc) is 3.46. The summed E-state index contributed by atoms with van der Waals surface area (Å²) in [4.78, 5) is 4.68. The van der Waals surface area contributed by atoms with Crippen LogP contribution in [-0.2, 0) is 0 Å². The maximum absolute atomic E-state index is 4.68. The maximum atomic E-state index is 4.68. The van der Waals surface area contributed by atoms with E-state index < -0.39 is 0 Å². The summed E-state index contributed by atoms with van der Waals surface area (Å²) in [6.45, 7) is 0. The second kappa shape index (κ2) is 6.83. The summed E-state index contributed by atoms with van der Waals surface area (Å²) in [6.07, 6.45) is 1.88. The molecule has 0 unspecified atom stereocenters. The van der Waals surface area contributed by atoms with E-state index >= 15 is 0 Å². The second-order valence-corrected chi connectivity index (χ2v) is 9.99. The van der Waals surface area contributed by atoms with Gasteiger partial charge in [0.25, 0.3) is 0 Å². The van der Waals surface area contributed by atoms with E-state index in [1.54, 1.807) is 0 Å². The van der Waals surface area contributed by atoms with Crippen molar-refractivity contribution in [2.75, 3.05) is 0 Å². The van der Waals surface area contributed by atoms with Gasteiger partial charge in [-0.2, -0.15) is 0 Å². The topological polar surface area (TPSA) is 17.8 Å². The molecule has 0 atom stereocenters. The lowest BCUT2D eigenvalue weighted by atomic mass is 9.99. The number of benzene rings is 6. The number of aromatic nitrogens is 2. The highest BCUT2D eigenvalue weighted by atomic mass is 15.0. The minimum absolute atomic E-state index is 1.02. The predicted molar refractivity (Wildman–Crippen MR) is 156 cm³/mol. The molecule has 0 spiro atoms. The fourth-order valence-electron chi connectivity index (χ4n) is 6.58. The van der Waals surface area contributed by atoms with Crippen LogP contribution in [-0.4, -0.2) is 9.55 Å². The summed E-state index contributed by atoms with van der Waals surface area (Å²) < 4.78 is 2.46. The minimum atomic E-state index is 1.02. The van der Waals surface area contributed by atoms with Gasteiger partial charge in [0.15, 0.2) is 0 Å². The largest absolute Gasteiger partial charge is 0.308 e. The van der Waals surface area contributed by atoms with Crippen molar-refractivity contribution in [3.63, 3.8) is 0 Å². The molecule has 2 heteroatoms. The number of hydrogen-bond donors (Lipinski definition) is 0. The Morgan fingerprint density at radius 2 is 1.22 bits per heavy atom. The van der Waals surface area contributed by atoms with E-state index in [9.17, 15) is 0 Å². The fraction of sp³-hybridized carbons (Fsp3) is 0. The Hall–Kier alpha value is -4.95. The fourth-order valence-corrected chi connectivity index (χ4v) is 6.58. The summed E-state index contributed by atoms with van der Waals surface area (Å²) in [6, 6.07) is 42.1. The zero-order valence-corrected chi connectivity index (χ0v) is 19.9.